The summed E-state index contributed by atoms with van der Waals surface area (Å²) in [7, 11) is 1.60. The molecular weight excluding hydrogens is 314 g/mol. The van der Waals surface area contributed by atoms with Crippen LogP contribution in [0.15, 0.2) is 42.9 Å². The lowest BCUT2D eigenvalue weighted by atomic mass is 10.1. The fourth-order valence-corrected chi connectivity index (χ4v) is 3.45. The molecule has 1 aliphatic carbocycles. The molecule has 126 valence electrons. The summed E-state index contributed by atoms with van der Waals surface area (Å²) in [4.78, 5) is 21.4. The molecule has 2 heterocycles. The molecule has 25 heavy (non-hydrogen) atoms. The zero-order valence-electron chi connectivity index (χ0n) is 14.1. The number of hydrogen-bond donors (Lipinski definition) is 1. The zero-order valence-corrected chi connectivity index (χ0v) is 14.1. The first-order chi connectivity index (χ1) is 12.3. The second-order valence-corrected chi connectivity index (χ2v) is 6.22. The number of pyridine rings is 2. The molecule has 5 heteroatoms. The number of benzene rings is 1. The van der Waals surface area contributed by atoms with Crippen LogP contribution in [0.3, 0.4) is 0 Å². The maximum absolute atomic E-state index is 12.8. The molecule has 0 aliphatic heterocycles. The van der Waals surface area contributed by atoms with Gasteiger partial charge in [-0.05, 0) is 54.2 Å². The lowest BCUT2D eigenvalue weighted by Gasteiger charge is -2.11. The van der Waals surface area contributed by atoms with Crippen LogP contribution in [-0.4, -0.2) is 23.0 Å². The highest BCUT2D eigenvalue weighted by Gasteiger charge is 2.17. The summed E-state index contributed by atoms with van der Waals surface area (Å²) in [5.74, 6) is 0.492. The molecule has 2 aromatic heterocycles. The number of rotatable bonds is 4. The molecule has 0 fully saturated rings. The summed E-state index contributed by atoms with van der Waals surface area (Å²) in [6, 6.07) is 7.39. The van der Waals surface area contributed by atoms with Gasteiger partial charge in [0.2, 0.25) is 0 Å². The molecule has 0 unspecified atom stereocenters. The van der Waals surface area contributed by atoms with Crippen LogP contribution in [0.25, 0.3) is 10.9 Å². The van der Waals surface area contributed by atoms with Gasteiger partial charge in [0.05, 0.1) is 18.2 Å². The first-order valence-corrected chi connectivity index (χ1v) is 8.42. The van der Waals surface area contributed by atoms with Crippen molar-refractivity contribution in [3.8, 4) is 5.75 Å². The highest BCUT2D eigenvalue weighted by atomic mass is 16.5. The Bertz CT molecular complexity index is 953. The summed E-state index contributed by atoms with van der Waals surface area (Å²) in [6.45, 7) is 0.473. The lowest BCUT2D eigenvalue weighted by molar-refractivity contribution is 0.0952. The van der Waals surface area contributed by atoms with Crippen LogP contribution in [0, 0.1) is 0 Å². The number of hydrogen-bond acceptors (Lipinski definition) is 4. The second-order valence-electron chi connectivity index (χ2n) is 6.22. The van der Waals surface area contributed by atoms with E-state index in [9.17, 15) is 4.79 Å². The van der Waals surface area contributed by atoms with E-state index in [0.717, 1.165) is 30.2 Å². The third kappa shape index (κ3) is 2.93. The van der Waals surface area contributed by atoms with E-state index in [1.54, 1.807) is 19.4 Å². The topological polar surface area (TPSA) is 64.1 Å². The van der Waals surface area contributed by atoms with Crippen molar-refractivity contribution in [3.63, 3.8) is 0 Å². The van der Waals surface area contributed by atoms with Crippen molar-refractivity contribution >= 4 is 16.8 Å². The number of nitrogens with one attached hydrogen (secondary N) is 1. The summed E-state index contributed by atoms with van der Waals surface area (Å²) < 4.78 is 5.32. The first-order valence-electron chi connectivity index (χ1n) is 8.42. The van der Waals surface area contributed by atoms with Crippen molar-refractivity contribution < 1.29 is 9.53 Å². The summed E-state index contributed by atoms with van der Waals surface area (Å²) in [5, 5.41) is 3.90. The van der Waals surface area contributed by atoms with Gasteiger partial charge in [-0.3, -0.25) is 14.8 Å². The Morgan fingerprint density at radius 3 is 3.08 bits per heavy atom. The molecular formula is C20H19N3O2. The molecule has 1 N–H and O–H groups in total. The Hall–Kier alpha value is -2.95. The monoisotopic (exact) mass is 333 g/mol. The van der Waals surface area contributed by atoms with E-state index in [1.165, 1.54) is 11.1 Å². The average Bonchev–Trinajstić information content (AvgIpc) is 3.14. The minimum absolute atomic E-state index is 0.154. The Balaban J connectivity index is 1.62. The third-order valence-electron chi connectivity index (χ3n) is 4.71. The lowest BCUT2D eigenvalue weighted by Crippen LogP contribution is -2.24. The summed E-state index contributed by atoms with van der Waals surface area (Å²) >= 11 is 0. The Morgan fingerprint density at radius 1 is 1.28 bits per heavy atom. The molecule has 4 rings (SSSR count). The first kappa shape index (κ1) is 15.6. The van der Waals surface area contributed by atoms with Crippen LogP contribution < -0.4 is 10.1 Å². The summed E-state index contributed by atoms with van der Waals surface area (Å²) in [6.07, 6.45) is 8.78. The van der Waals surface area contributed by atoms with Crippen LogP contribution in [0.5, 0.6) is 5.75 Å². The standard InChI is InChI=1S/C20H19N3O2/c1-25-16-8-13-5-3-7-22-19(13)18(9-16)20(24)23-12-15-11-21-10-14-4-2-6-17(14)15/h3,5,7-11H,2,4,6,12H2,1H3,(H,23,24). The van der Waals surface area contributed by atoms with Crippen molar-refractivity contribution in [2.45, 2.75) is 25.8 Å². The molecule has 0 bridgehead atoms. The Morgan fingerprint density at radius 2 is 2.20 bits per heavy atom. The van der Waals surface area contributed by atoms with Gasteiger partial charge >= 0.3 is 0 Å². The largest absolute Gasteiger partial charge is 0.497 e. The van der Waals surface area contributed by atoms with E-state index < -0.39 is 0 Å². The van der Waals surface area contributed by atoms with Crippen molar-refractivity contribution in [1.82, 2.24) is 15.3 Å². The molecule has 5 nitrogen and oxygen atoms in total. The van der Waals surface area contributed by atoms with Crippen molar-refractivity contribution in [3.05, 3.63) is 65.1 Å². The number of carbonyl (C=O) groups excluding carboxylic acids is 1. The SMILES string of the molecule is COc1cc(C(=O)NCc2cncc3c2CCC3)c2ncccc2c1. The quantitative estimate of drug-likeness (QED) is 0.797. The van der Waals surface area contributed by atoms with Crippen molar-refractivity contribution in [2.24, 2.45) is 0 Å². The van der Waals surface area contributed by atoms with E-state index in [-0.39, 0.29) is 5.91 Å². The van der Waals surface area contributed by atoms with Gasteiger partial charge in [-0.25, -0.2) is 0 Å². The fourth-order valence-electron chi connectivity index (χ4n) is 3.45. The van der Waals surface area contributed by atoms with Gasteiger partial charge in [-0.2, -0.15) is 0 Å². The molecule has 1 aliphatic rings. The van der Waals surface area contributed by atoms with Gasteiger partial charge in [0, 0.05) is 30.5 Å². The number of methoxy groups -OCH3 is 1. The highest BCUT2D eigenvalue weighted by molar-refractivity contribution is 6.06. The Labute approximate surface area is 146 Å². The van der Waals surface area contributed by atoms with Gasteiger partial charge < -0.3 is 10.1 Å². The third-order valence-corrected chi connectivity index (χ3v) is 4.71. The fraction of sp³-hybridized carbons (Fsp3) is 0.250. The molecule has 0 atom stereocenters. The molecule has 1 aromatic carbocycles. The van der Waals surface area contributed by atoms with Crippen LogP contribution in [-0.2, 0) is 19.4 Å². The normalized spacial score (nSPS) is 12.8. The Kier molecular flexibility index (Phi) is 4.06. The van der Waals surface area contributed by atoms with Gasteiger partial charge in [0.1, 0.15) is 5.75 Å². The van der Waals surface area contributed by atoms with Crippen molar-refractivity contribution in [1.29, 1.82) is 0 Å². The van der Waals surface area contributed by atoms with Crippen LogP contribution in [0.1, 0.15) is 33.5 Å². The predicted molar refractivity (Wildman–Crippen MR) is 95.7 cm³/mol. The highest BCUT2D eigenvalue weighted by Crippen LogP contribution is 2.25. The second kappa shape index (κ2) is 6.51. The van der Waals surface area contributed by atoms with E-state index in [4.69, 9.17) is 4.74 Å². The number of aryl methyl sites for hydroxylation is 1. The molecule has 0 saturated heterocycles. The smallest absolute Gasteiger partial charge is 0.253 e. The van der Waals surface area contributed by atoms with Gasteiger partial charge in [-0.15, -0.1) is 0 Å². The molecule has 3 aromatic rings. The zero-order chi connectivity index (χ0) is 17.2. The van der Waals surface area contributed by atoms with Gasteiger partial charge in [0.15, 0.2) is 0 Å². The van der Waals surface area contributed by atoms with Crippen LogP contribution >= 0.6 is 0 Å². The summed E-state index contributed by atoms with van der Waals surface area (Å²) in [5.41, 5.74) is 4.94. The number of amides is 1. The maximum Gasteiger partial charge on any atom is 0.253 e. The minimum atomic E-state index is -0.154. The number of fused-ring (bicyclic) bond motifs is 2. The average molecular weight is 333 g/mol. The molecule has 0 radical (unpaired) electrons. The van der Waals surface area contributed by atoms with E-state index in [1.807, 2.05) is 30.6 Å². The number of ether oxygens (including phenoxy) is 1. The van der Waals surface area contributed by atoms with Crippen molar-refractivity contribution in [2.75, 3.05) is 7.11 Å². The molecule has 0 spiro atoms. The molecule has 1 amide bonds. The number of nitrogens with zero attached hydrogens (tertiary/aromatic N) is 2. The van der Waals surface area contributed by atoms with Crippen LogP contribution in [0.2, 0.25) is 0 Å². The molecule has 0 saturated carbocycles. The van der Waals surface area contributed by atoms with Crippen LogP contribution in [0.4, 0.5) is 0 Å². The number of carbonyl (C=O) groups is 1. The van der Waals surface area contributed by atoms with E-state index in [2.05, 4.69) is 15.3 Å². The van der Waals surface area contributed by atoms with E-state index in [0.29, 0.717) is 23.4 Å². The number of aromatic nitrogens is 2. The predicted octanol–water partition coefficient (Wildman–Crippen LogP) is 3.06. The van der Waals surface area contributed by atoms with E-state index >= 15 is 0 Å². The minimum Gasteiger partial charge on any atom is -0.497 e. The van der Waals surface area contributed by atoms with Gasteiger partial charge in [0.25, 0.3) is 5.91 Å². The van der Waals surface area contributed by atoms with Gasteiger partial charge in [-0.1, -0.05) is 6.07 Å². The maximum atomic E-state index is 12.8.